The number of thioether (sulfide) groups is 1. The van der Waals surface area contributed by atoms with Gasteiger partial charge in [-0.25, -0.2) is 0 Å². The minimum atomic E-state index is 0.104. The molecule has 1 saturated heterocycles. The van der Waals surface area contributed by atoms with Gasteiger partial charge in [-0.1, -0.05) is 12.1 Å². The van der Waals surface area contributed by atoms with Crippen LogP contribution in [0, 0.1) is 11.3 Å². The first-order chi connectivity index (χ1) is 7.80. The standard InChI is InChI=1S/C13H15NOS/c1-16-12-5-3-11(4-6-12)13(7-2-8-14)9-15-10-13/h3-6H,2,7,9-10H2,1H3. The Morgan fingerprint density at radius 3 is 2.50 bits per heavy atom. The second-order valence-electron chi connectivity index (χ2n) is 4.16. The Hall–Kier alpha value is -0.980. The first kappa shape index (κ1) is 11.5. The van der Waals surface area contributed by atoms with Gasteiger partial charge in [0.1, 0.15) is 0 Å². The Bertz CT molecular complexity index is 389. The summed E-state index contributed by atoms with van der Waals surface area (Å²) in [6.45, 7) is 1.51. The maximum Gasteiger partial charge on any atom is 0.0622 e. The predicted octanol–water partition coefficient (Wildman–Crippen LogP) is 2.98. The molecule has 0 unspecified atom stereocenters. The molecule has 1 aromatic carbocycles. The summed E-state index contributed by atoms with van der Waals surface area (Å²) in [5.74, 6) is 0. The van der Waals surface area contributed by atoms with Crippen LogP contribution in [0.15, 0.2) is 29.2 Å². The molecule has 0 amide bonds. The van der Waals surface area contributed by atoms with E-state index in [0.717, 1.165) is 19.6 Å². The summed E-state index contributed by atoms with van der Waals surface area (Å²) in [5.41, 5.74) is 1.42. The molecule has 0 atom stereocenters. The topological polar surface area (TPSA) is 33.0 Å². The molecule has 0 spiro atoms. The molecule has 0 aliphatic carbocycles. The van der Waals surface area contributed by atoms with Crippen LogP contribution in [0.1, 0.15) is 18.4 Å². The molecule has 1 aliphatic heterocycles. The first-order valence-corrected chi connectivity index (χ1v) is 6.62. The van der Waals surface area contributed by atoms with E-state index in [0.29, 0.717) is 6.42 Å². The zero-order chi connectivity index (χ0) is 11.4. The quantitative estimate of drug-likeness (QED) is 0.749. The number of benzene rings is 1. The number of ether oxygens (including phenoxy) is 1. The molecule has 2 nitrogen and oxygen atoms in total. The SMILES string of the molecule is CSc1ccc(C2(CCC#N)COC2)cc1. The van der Waals surface area contributed by atoms with Crippen LogP contribution in [0.2, 0.25) is 0 Å². The highest BCUT2D eigenvalue weighted by molar-refractivity contribution is 7.98. The molecule has 3 heteroatoms. The Morgan fingerprint density at radius 2 is 2.06 bits per heavy atom. The molecule has 84 valence electrons. The number of nitrogens with zero attached hydrogens (tertiary/aromatic N) is 1. The largest absolute Gasteiger partial charge is 0.379 e. The fourth-order valence-electron chi connectivity index (χ4n) is 2.04. The summed E-state index contributed by atoms with van der Waals surface area (Å²) < 4.78 is 5.33. The van der Waals surface area contributed by atoms with Gasteiger partial charge in [0.15, 0.2) is 0 Å². The van der Waals surface area contributed by atoms with E-state index in [9.17, 15) is 0 Å². The smallest absolute Gasteiger partial charge is 0.0622 e. The molecule has 1 aliphatic rings. The second kappa shape index (κ2) is 4.90. The molecule has 0 aromatic heterocycles. The number of rotatable bonds is 4. The summed E-state index contributed by atoms with van der Waals surface area (Å²) in [5, 5.41) is 8.68. The molecule has 0 bridgehead atoms. The molecule has 0 radical (unpaired) electrons. The van der Waals surface area contributed by atoms with Gasteiger partial charge in [0.05, 0.1) is 19.3 Å². The van der Waals surface area contributed by atoms with Crippen molar-refractivity contribution in [1.29, 1.82) is 5.26 Å². The van der Waals surface area contributed by atoms with Crippen molar-refractivity contribution in [2.45, 2.75) is 23.2 Å². The van der Waals surface area contributed by atoms with Gasteiger partial charge in [0, 0.05) is 16.7 Å². The van der Waals surface area contributed by atoms with Crippen molar-refractivity contribution in [2.24, 2.45) is 0 Å². The minimum Gasteiger partial charge on any atom is -0.379 e. The Morgan fingerprint density at radius 1 is 1.38 bits per heavy atom. The van der Waals surface area contributed by atoms with Crippen molar-refractivity contribution in [2.75, 3.05) is 19.5 Å². The van der Waals surface area contributed by atoms with Crippen molar-refractivity contribution in [3.05, 3.63) is 29.8 Å². The van der Waals surface area contributed by atoms with E-state index in [-0.39, 0.29) is 5.41 Å². The molecule has 0 saturated carbocycles. The molecule has 1 aromatic rings. The van der Waals surface area contributed by atoms with Gasteiger partial charge in [0.2, 0.25) is 0 Å². The molecule has 2 rings (SSSR count). The fraction of sp³-hybridized carbons (Fsp3) is 0.462. The predicted molar refractivity (Wildman–Crippen MR) is 65.6 cm³/mol. The lowest BCUT2D eigenvalue weighted by Gasteiger charge is -2.41. The van der Waals surface area contributed by atoms with Crippen molar-refractivity contribution >= 4 is 11.8 Å². The highest BCUT2D eigenvalue weighted by Crippen LogP contribution is 2.37. The van der Waals surface area contributed by atoms with Crippen LogP contribution in [0.5, 0.6) is 0 Å². The van der Waals surface area contributed by atoms with Crippen molar-refractivity contribution < 1.29 is 4.74 Å². The van der Waals surface area contributed by atoms with Gasteiger partial charge in [-0.2, -0.15) is 5.26 Å². The molecular weight excluding hydrogens is 218 g/mol. The lowest BCUT2D eigenvalue weighted by Crippen LogP contribution is -2.46. The maximum absolute atomic E-state index is 8.68. The highest BCUT2D eigenvalue weighted by atomic mass is 32.2. The average Bonchev–Trinajstić information content (AvgIpc) is 2.29. The van der Waals surface area contributed by atoms with Gasteiger partial charge in [0.25, 0.3) is 0 Å². The van der Waals surface area contributed by atoms with Crippen LogP contribution >= 0.6 is 11.8 Å². The number of hydrogen-bond acceptors (Lipinski definition) is 3. The highest BCUT2D eigenvalue weighted by Gasteiger charge is 2.39. The molecule has 1 fully saturated rings. The Kier molecular flexibility index (Phi) is 3.52. The summed E-state index contributed by atoms with van der Waals surface area (Å²) in [6, 6.07) is 10.9. The van der Waals surface area contributed by atoms with Crippen LogP contribution in [0.25, 0.3) is 0 Å². The van der Waals surface area contributed by atoms with Crippen LogP contribution in [-0.4, -0.2) is 19.5 Å². The summed E-state index contributed by atoms with van der Waals surface area (Å²) in [7, 11) is 0. The summed E-state index contributed by atoms with van der Waals surface area (Å²) >= 11 is 1.75. The van der Waals surface area contributed by atoms with Gasteiger partial charge in [-0.05, 0) is 30.4 Å². The zero-order valence-electron chi connectivity index (χ0n) is 9.40. The normalized spacial score (nSPS) is 17.5. The van der Waals surface area contributed by atoms with Crippen molar-refractivity contribution in [1.82, 2.24) is 0 Å². The lowest BCUT2D eigenvalue weighted by atomic mass is 9.75. The van der Waals surface area contributed by atoms with E-state index in [1.54, 1.807) is 11.8 Å². The van der Waals surface area contributed by atoms with E-state index in [1.807, 2.05) is 0 Å². The summed E-state index contributed by atoms with van der Waals surface area (Å²) in [4.78, 5) is 1.28. The Labute approximate surface area is 101 Å². The van der Waals surface area contributed by atoms with Crippen molar-refractivity contribution in [3.63, 3.8) is 0 Å². The van der Waals surface area contributed by atoms with E-state index in [1.165, 1.54) is 10.5 Å². The van der Waals surface area contributed by atoms with E-state index in [4.69, 9.17) is 10.00 Å². The van der Waals surface area contributed by atoms with Crippen LogP contribution in [-0.2, 0) is 10.2 Å². The fourth-order valence-corrected chi connectivity index (χ4v) is 2.45. The number of nitriles is 1. The molecular formula is C13H15NOS. The Balaban J connectivity index is 2.16. The molecule has 0 N–H and O–H groups in total. The third kappa shape index (κ3) is 2.09. The third-order valence-corrected chi connectivity index (χ3v) is 3.92. The first-order valence-electron chi connectivity index (χ1n) is 5.40. The lowest BCUT2D eigenvalue weighted by molar-refractivity contribution is -0.0637. The average molecular weight is 233 g/mol. The van der Waals surface area contributed by atoms with Crippen LogP contribution < -0.4 is 0 Å². The van der Waals surface area contributed by atoms with Crippen LogP contribution in [0.3, 0.4) is 0 Å². The number of hydrogen-bond donors (Lipinski definition) is 0. The van der Waals surface area contributed by atoms with Crippen molar-refractivity contribution in [3.8, 4) is 6.07 Å². The van der Waals surface area contributed by atoms with E-state index < -0.39 is 0 Å². The van der Waals surface area contributed by atoms with Crippen LogP contribution in [0.4, 0.5) is 0 Å². The third-order valence-electron chi connectivity index (χ3n) is 3.17. The van der Waals surface area contributed by atoms with Gasteiger partial charge < -0.3 is 4.74 Å². The maximum atomic E-state index is 8.68. The zero-order valence-corrected chi connectivity index (χ0v) is 10.2. The molecule has 16 heavy (non-hydrogen) atoms. The van der Waals surface area contributed by atoms with E-state index >= 15 is 0 Å². The van der Waals surface area contributed by atoms with E-state index in [2.05, 4.69) is 36.6 Å². The van der Waals surface area contributed by atoms with Gasteiger partial charge in [-0.3, -0.25) is 0 Å². The van der Waals surface area contributed by atoms with Gasteiger partial charge >= 0.3 is 0 Å². The minimum absolute atomic E-state index is 0.104. The monoisotopic (exact) mass is 233 g/mol. The van der Waals surface area contributed by atoms with Gasteiger partial charge in [-0.15, -0.1) is 11.8 Å². The second-order valence-corrected chi connectivity index (χ2v) is 5.04. The summed E-state index contributed by atoms with van der Waals surface area (Å²) in [6.07, 6.45) is 3.59. The molecule has 1 heterocycles.